The van der Waals surface area contributed by atoms with E-state index in [9.17, 15) is 0 Å². The number of aliphatic hydroxyl groups excluding tert-OH is 1. The van der Waals surface area contributed by atoms with E-state index in [1.807, 2.05) is 0 Å². The van der Waals surface area contributed by atoms with Crippen molar-refractivity contribution < 1.29 is 10.7 Å². The van der Waals surface area contributed by atoms with Crippen LogP contribution in [0.3, 0.4) is 0 Å². The van der Waals surface area contributed by atoms with Crippen molar-refractivity contribution in [2.45, 2.75) is 0 Å². The van der Waals surface area contributed by atoms with Crippen molar-refractivity contribution in [2.75, 3.05) is 13.0 Å². The Bertz CT molecular complexity index is 19.0. The third-order valence-electron chi connectivity index (χ3n) is 0.171. The fraction of sp³-hybridized carbons (Fsp3) is 1.00. The van der Waals surface area contributed by atoms with Gasteiger partial charge in [-0.15, -0.1) is 0 Å². The fourth-order valence-electron chi connectivity index (χ4n) is 0.0527. The van der Waals surface area contributed by atoms with E-state index < -0.39 is 0 Å². The first-order valence-electron chi connectivity index (χ1n) is 1.18. The minimum absolute atomic E-state index is 0. The molecule has 0 unspecified atom stereocenters. The molecule has 0 aromatic heterocycles. The number of hydrogen-bond donors (Lipinski definition) is 1. The van der Waals surface area contributed by atoms with Crippen LogP contribution in [-0.2, 0) is 4.18 Å². The van der Waals surface area contributed by atoms with Gasteiger partial charge in [-0.2, -0.15) is 0 Å². The first-order valence-corrected chi connectivity index (χ1v) is 2.33. The Labute approximate surface area is 36.8 Å². The SMILES string of the molecule is CSOCO.[H+]. The van der Waals surface area contributed by atoms with Gasteiger partial charge in [-0.25, -0.2) is 0 Å². The lowest BCUT2D eigenvalue weighted by atomic mass is 11.6. The lowest BCUT2D eigenvalue weighted by Gasteiger charge is -1.83. The summed E-state index contributed by atoms with van der Waals surface area (Å²) >= 11 is 1.15. The summed E-state index contributed by atoms with van der Waals surface area (Å²) in [6.07, 6.45) is 1.75. The van der Waals surface area contributed by atoms with Crippen LogP contribution in [0.2, 0.25) is 0 Å². The van der Waals surface area contributed by atoms with Crippen molar-refractivity contribution in [3.63, 3.8) is 0 Å². The van der Waals surface area contributed by atoms with E-state index in [-0.39, 0.29) is 8.22 Å². The summed E-state index contributed by atoms with van der Waals surface area (Å²) in [5, 5.41) is 7.82. The zero-order valence-electron chi connectivity index (χ0n) is 3.97. The highest BCUT2D eigenvalue weighted by atomic mass is 32.2. The van der Waals surface area contributed by atoms with Gasteiger partial charge in [0.2, 0.25) is 0 Å². The van der Waals surface area contributed by atoms with Crippen LogP contribution in [-0.4, -0.2) is 18.2 Å². The highest BCUT2D eigenvalue weighted by Gasteiger charge is 1.66. The maximum Gasteiger partial charge on any atom is 1.00 e. The summed E-state index contributed by atoms with van der Waals surface area (Å²) in [6.45, 7) is -0.193. The molecule has 0 rings (SSSR count). The van der Waals surface area contributed by atoms with Crippen molar-refractivity contribution in [1.29, 1.82) is 0 Å². The van der Waals surface area contributed by atoms with E-state index in [4.69, 9.17) is 5.11 Å². The third-order valence-corrected chi connectivity index (χ3v) is 0.512. The normalized spacial score (nSPS) is 8.40. The van der Waals surface area contributed by atoms with E-state index in [0.29, 0.717) is 0 Å². The fourth-order valence-corrected chi connectivity index (χ4v) is 0.158. The lowest BCUT2D eigenvalue weighted by Crippen LogP contribution is -1.76. The van der Waals surface area contributed by atoms with Crippen molar-refractivity contribution in [3.8, 4) is 0 Å². The molecule has 0 aromatic carbocycles. The summed E-state index contributed by atoms with van der Waals surface area (Å²) in [5.74, 6) is 0. The third kappa shape index (κ3) is 4.27. The first-order chi connectivity index (χ1) is 2.41. The van der Waals surface area contributed by atoms with Gasteiger partial charge in [-0.1, -0.05) is 0 Å². The molecular weight excluding hydrogens is 88.1 g/mol. The van der Waals surface area contributed by atoms with Crippen LogP contribution in [0, 0.1) is 0 Å². The van der Waals surface area contributed by atoms with Crippen molar-refractivity contribution >= 4 is 12.0 Å². The molecule has 0 bridgehead atoms. The topological polar surface area (TPSA) is 29.5 Å². The molecule has 0 aliphatic carbocycles. The molecule has 0 amide bonds. The molecule has 0 heterocycles. The van der Waals surface area contributed by atoms with E-state index >= 15 is 0 Å². The molecule has 2 nitrogen and oxygen atoms in total. The van der Waals surface area contributed by atoms with Gasteiger partial charge >= 0.3 is 1.43 Å². The minimum atomic E-state index is -0.193. The predicted octanol–water partition coefficient (Wildman–Crippen LogP) is 0.343. The second-order valence-corrected chi connectivity index (χ2v) is 0.983. The van der Waals surface area contributed by atoms with Gasteiger partial charge in [0.15, 0.2) is 6.79 Å². The van der Waals surface area contributed by atoms with Crippen molar-refractivity contribution in [2.24, 2.45) is 0 Å². The van der Waals surface area contributed by atoms with Gasteiger partial charge in [0.1, 0.15) is 0 Å². The maximum absolute atomic E-state index is 7.82. The average molecular weight is 95.1 g/mol. The lowest BCUT2D eigenvalue weighted by molar-refractivity contribution is 0.120. The van der Waals surface area contributed by atoms with Crippen LogP contribution >= 0.6 is 12.0 Å². The van der Waals surface area contributed by atoms with Crippen molar-refractivity contribution in [1.82, 2.24) is 0 Å². The van der Waals surface area contributed by atoms with Crippen LogP contribution in [0.15, 0.2) is 0 Å². The quantitative estimate of drug-likeness (QED) is 0.396. The molecule has 0 atom stereocenters. The molecule has 0 spiro atoms. The molecule has 0 aromatic rings. The second-order valence-electron chi connectivity index (χ2n) is 0.414. The molecule has 0 radical (unpaired) electrons. The molecule has 0 aliphatic heterocycles. The summed E-state index contributed by atoms with van der Waals surface area (Å²) in [6, 6.07) is 0. The first kappa shape index (κ1) is 5.27. The van der Waals surface area contributed by atoms with Gasteiger partial charge in [-0.05, 0) is 12.0 Å². The minimum Gasteiger partial charge on any atom is -0.370 e. The molecular formula is C2H7O2S+. The van der Waals surface area contributed by atoms with E-state index in [2.05, 4.69) is 4.18 Å². The van der Waals surface area contributed by atoms with E-state index in [1.165, 1.54) is 0 Å². The van der Waals surface area contributed by atoms with Gasteiger partial charge in [0, 0.05) is 6.26 Å². The van der Waals surface area contributed by atoms with Gasteiger partial charge in [-0.3, -0.25) is 4.18 Å². The van der Waals surface area contributed by atoms with Gasteiger partial charge < -0.3 is 5.11 Å². The Kier molecular flexibility index (Phi) is 4.50. The zero-order chi connectivity index (χ0) is 4.12. The Morgan fingerprint density at radius 2 is 2.80 bits per heavy atom. The van der Waals surface area contributed by atoms with Gasteiger partial charge in [0.25, 0.3) is 0 Å². The Morgan fingerprint density at radius 1 is 2.20 bits per heavy atom. The molecule has 0 fully saturated rings. The number of hydrogen-bond acceptors (Lipinski definition) is 3. The van der Waals surface area contributed by atoms with Crippen molar-refractivity contribution in [3.05, 3.63) is 0 Å². The smallest absolute Gasteiger partial charge is 0.370 e. The molecule has 3 heteroatoms. The molecule has 0 saturated heterocycles. The number of aliphatic hydroxyl groups is 1. The van der Waals surface area contributed by atoms with Crippen LogP contribution < -0.4 is 0 Å². The summed E-state index contributed by atoms with van der Waals surface area (Å²) < 4.78 is 4.31. The summed E-state index contributed by atoms with van der Waals surface area (Å²) in [5.41, 5.74) is 0. The molecule has 0 saturated carbocycles. The monoisotopic (exact) mass is 95.0 g/mol. The average Bonchev–Trinajstić information content (AvgIpc) is 1.41. The highest BCUT2D eigenvalue weighted by molar-refractivity contribution is 7.93. The molecule has 5 heavy (non-hydrogen) atoms. The Morgan fingerprint density at radius 3 is 2.80 bits per heavy atom. The second kappa shape index (κ2) is 4.27. The molecule has 1 N–H and O–H groups in total. The molecule has 0 aliphatic rings. The van der Waals surface area contributed by atoms with Crippen LogP contribution in [0.1, 0.15) is 1.43 Å². The summed E-state index contributed by atoms with van der Waals surface area (Å²) in [7, 11) is 0. The summed E-state index contributed by atoms with van der Waals surface area (Å²) in [4.78, 5) is 0. The molecule has 32 valence electrons. The Hall–Kier alpha value is 0.270. The highest BCUT2D eigenvalue weighted by Crippen LogP contribution is 1.88. The van der Waals surface area contributed by atoms with Crippen LogP contribution in [0.5, 0.6) is 0 Å². The van der Waals surface area contributed by atoms with E-state index in [1.54, 1.807) is 6.26 Å². The predicted molar refractivity (Wildman–Crippen MR) is 22.8 cm³/mol. The van der Waals surface area contributed by atoms with Crippen LogP contribution in [0.25, 0.3) is 0 Å². The maximum atomic E-state index is 7.82. The standard InChI is InChI=1S/C2H6O2S/c1-5-4-2-3/h3H,2H2,1H3/p+1. The van der Waals surface area contributed by atoms with E-state index in [0.717, 1.165) is 12.0 Å². The number of rotatable bonds is 2. The zero-order valence-corrected chi connectivity index (χ0v) is 3.79. The van der Waals surface area contributed by atoms with Gasteiger partial charge in [0.05, 0.1) is 0 Å². The largest absolute Gasteiger partial charge is 1.00 e. The van der Waals surface area contributed by atoms with Crippen LogP contribution in [0.4, 0.5) is 0 Å². The Balaban J connectivity index is 0.